The minimum absolute atomic E-state index is 0.0861. The van der Waals surface area contributed by atoms with Gasteiger partial charge in [-0.3, -0.25) is 14.5 Å². The smallest absolute Gasteiger partial charge is 0.296 e. The normalized spacial score (nSPS) is 14.7. The number of methoxy groups -OCH3 is 1. The summed E-state index contributed by atoms with van der Waals surface area (Å²) in [6.45, 7) is 4.62. The lowest BCUT2D eigenvalue weighted by atomic mass is 9.95. The number of hydrogen-bond donors (Lipinski definition) is 1. The lowest BCUT2D eigenvalue weighted by Crippen LogP contribution is -2.31. The number of carbonyl (C=O) groups is 2. The van der Waals surface area contributed by atoms with E-state index in [1.165, 1.54) is 29.8 Å². The largest absolute Gasteiger partial charge is 0.503 e. The number of fused-ring (bicyclic) bond motifs is 1. The lowest BCUT2D eigenvalue weighted by molar-refractivity contribution is -0.117. The highest BCUT2D eigenvalue weighted by Gasteiger charge is 2.47. The van der Waals surface area contributed by atoms with Gasteiger partial charge in [0, 0.05) is 11.1 Å². The zero-order valence-corrected chi connectivity index (χ0v) is 27.3. The number of halogens is 1. The van der Waals surface area contributed by atoms with Crippen molar-refractivity contribution in [1.82, 2.24) is 10.2 Å². The summed E-state index contributed by atoms with van der Waals surface area (Å²) in [5.74, 6) is -1.06. The molecule has 5 aromatic rings. The van der Waals surface area contributed by atoms with Gasteiger partial charge in [-0.2, -0.15) is 0 Å². The van der Waals surface area contributed by atoms with Crippen molar-refractivity contribution in [3.63, 3.8) is 0 Å². The first-order chi connectivity index (χ1) is 22.8. The van der Waals surface area contributed by atoms with E-state index in [1.807, 2.05) is 13.8 Å². The Morgan fingerprint density at radius 1 is 1.04 bits per heavy atom. The number of Topliss-reactive ketones (excluding diaryl/α,β-unsaturated/α-hetero) is 1. The number of ether oxygens (including phenoxy) is 3. The Bertz CT molecular complexity index is 1990. The number of benzene rings is 3. The molecule has 0 saturated carbocycles. The number of furan rings is 1. The number of nitrogens with zero attached hydrogens (tertiary/aromatic N) is 3. The molecular formula is C34H30FN3O7S2. The van der Waals surface area contributed by atoms with Crippen LogP contribution in [-0.2, 0) is 10.5 Å². The molecule has 0 saturated heterocycles. The van der Waals surface area contributed by atoms with Gasteiger partial charge in [-0.25, -0.2) is 4.39 Å². The summed E-state index contributed by atoms with van der Waals surface area (Å²) in [5, 5.41) is 20.5. The molecule has 0 bridgehead atoms. The summed E-state index contributed by atoms with van der Waals surface area (Å²) in [4.78, 5) is 29.2. The van der Waals surface area contributed by atoms with Crippen molar-refractivity contribution in [3.8, 4) is 17.2 Å². The maximum absolute atomic E-state index is 14.2. The zero-order chi connectivity index (χ0) is 33.1. The van der Waals surface area contributed by atoms with E-state index in [0.717, 1.165) is 17.8 Å². The van der Waals surface area contributed by atoms with Crippen LogP contribution in [-0.4, -0.2) is 47.3 Å². The molecule has 1 aliphatic rings. The Morgan fingerprint density at radius 3 is 2.64 bits per heavy atom. The highest BCUT2D eigenvalue weighted by Crippen LogP contribution is 2.46. The van der Waals surface area contributed by atoms with E-state index in [9.17, 15) is 19.1 Å². The molecule has 0 radical (unpaired) electrons. The van der Waals surface area contributed by atoms with Gasteiger partial charge < -0.3 is 23.7 Å². The Balaban J connectivity index is 1.41. The van der Waals surface area contributed by atoms with E-state index < -0.39 is 23.5 Å². The number of ketones is 1. The minimum atomic E-state index is -1.12. The average Bonchev–Trinajstić information content (AvgIpc) is 3.80. The van der Waals surface area contributed by atoms with Crippen LogP contribution in [0.3, 0.4) is 0 Å². The van der Waals surface area contributed by atoms with Gasteiger partial charge in [0.05, 0.1) is 31.9 Å². The molecule has 2 aromatic heterocycles. The van der Waals surface area contributed by atoms with Gasteiger partial charge in [0.15, 0.2) is 38.7 Å². The Kier molecular flexibility index (Phi) is 9.45. The van der Waals surface area contributed by atoms with Crippen LogP contribution in [0.25, 0.3) is 11.0 Å². The summed E-state index contributed by atoms with van der Waals surface area (Å²) >= 11 is 2.34. The zero-order valence-electron chi connectivity index (χ0n) is 25.7. The fraction of sp³-hybridized carbons (Fsp3) is 0.235. The molecule has 1 N–H and O–H groups in total. The van der Waals surface area contributed by atoms with Crippen LogP contribution < -0.4 is 19.1 Å². The van der Waals surface area contributed by atoms with Gasteiger partial charge >= 0.3 is 0 Å². The van der Waals surface area contributed by atoms with E-state index in [2.05, 4.69) is 10.2 Å². The van der Waals surface area contributed by atoms with Crippen LogP contribution in [0.15, 0.2) is 86.8 Å². The number of aromatic nitrogens is 2. The predicted molar refractivity (Wildman–Crippen MR) is 176 cm³/mol. The Hall–Kier alpha value is -4.88. The van der Waals surface area contributed by atoms with Gasteiger partial charge in [0.1, 0.15) is 5.82 Å². The van der Waals surface area contributed by atoms with Crippen molar-refractivity contribution >= 4 is 50.9 Å². The average molecular weight is 676 g/mol. The third-order valence-corrected chi connectivity index (χ3v) is 9.47. The molecule has 1 unspecified atom stereocenters. The summed E-state index contributed by atoms with van der Waals surface area (Å²) in [6.07, 6.45) is 0.782. The summed E-state index contributed by atoms with van der Waals surface area (Å²) in [5.41, 5.74) is 1.11. The Morgan fingerprint density at radius 2 is 1.87 bits per heavy atom. The molecule has 0 aliphatic carbocycles. The highest BCUT2D eigenvalue weighted by molar-refractivity contribution is 8.00. The predicted octanol–water partition coefficient (Wildman–Crippen LogP) is 7.69. The van der Waals surface area contributed by atoms with Crippen molar-refractivity contribution in [3.05, 3.63) is 101 Å². The number of amides is 1. The molecule has 1 amide bonds. The SMILES string of the molecule is CCCOc1ccc(C2C(C(=O)c3cc4cccc(OC)c4o3)=C(O)C(=O)N2c2nnc(SCc3ccccc3F)s2)cc1OCC. The first-order valence-corrected chi connectivity index (χ1v) is 16.6. The number of thioether (sulfide) groups is 1. The topological polar surface area (TPSA) is 124 Å². The lowest BCUT2D eigenvalue weighted by Gasteiger charge is -2.24. The monoisotopic (exact) mass is 675 g/mol. The number of aliphatic hydroxyl groups is 1. The van der Waals surface area contributed by atoms with E-state index in [-0.39, 0.29) is 22.3 Å². The van der Waals surface area contributed by atoms with E-state index in [0.29, 0.717) is 62.7 Å². The quantitative estimate of drug-likeness (QED) is 0.0754. The molecule has 1 aliphatic heterocycles. The maximum atomic E-state index is 14.2. The van der Waals surface area contributed by atoms with Crippen LogP contribution in [0.2, 0.25) is 0 Å². The number of hydrogen-bond acceptors (Lipinski definition) is 11. The van der Waals surface area contributed by atoms with Crippen LogP contribution >= 0.6 is 23.1 Å². The van der Waals surface area contributed by atoms with Crippen LogP contribution in [0.4, 0.5) is 9.52 Å². The second-order valence-corrected chi connectivity index (χ2v) is 12.6. The molecule has 242 valence electrons. The molecule has 13 heteroatoms. The highest BCUT2D eigenvalue weighted by atomic mass is 32.2. The fourth-order valence-electron chi connectivity index (χ4n) is 5.20. The van der Waals surface area contributed by atoms with E-state index in [4.69, 9.17) is 18.6 Å². The molecule has 6 rings (SSSR count). The second-order valence-electron chi connectivity index (χ2n) is 10.4. The first-order valence-electron chi connectivity index (χ1n) is 14.8. The van der Waals surface area contributed by atoms with Crippen molar-refractivity contribution in [2.75, 3.05) is 25.2 Å². The standard InChI is InChI=1S/C34H30FN3O7S2/c1-4-15-44-23-14-13-19(16-25(23)43-5-2)28-27(29(39)26-17-20-10-8-12-24(42-3)31(20)45-26)30(40)32(41)38(28)33-36-37-34(47-33)46-18-21-9-6-7-11-22(21)35/h6-14,16-17,28,40H,4-5,15,18H2,1-3H3. The first kappa shape index (κ1) is 32.1. The molecular weight excluding hydrogens is 646 g/mol. The van der Waals surface area contributed by atoms with Crippen molar-refractivity contribution < 1.29 is 37.7 Å². The molecule has 3 heterocycles. The number of anilines is 1. The minimum Gasteiger partial charge on any atom is -0.503 e. The number of carbonyl (C=O) groups excluding carboxylic acids is 2. The van der Waals surface area contributed by atoms with Gasteiger partial charge in [-0.1, -0.05) is 66.4 Å². The number of aliphatic hydroxyl groups excluding tert-OH is 1. The summed E-state index contributed by atoms with van der Waals surface area (Å²) in [7, 11) is 1.49. The van der Waals surface area contributed by atoms with Gasteiger partial charge in [0.25, 0.3) is 5.91 Å². The fourth-order valence-corrected chi connectivity index (χ4v) is 7.05. The molecule has 1 atom stereocenters. The van der Waals surface area contributed by atoms with Crippen LogP contribution in [0.5, 0.6) is 17.2 Å². The molecule has 47 heavy (non-hydrogen) atoms. The van der Waals surface area contributed by atoms with Gasteiger partial charge in [-0.05, 0) is 54.8 Å². The second kappa shape index (κ2) is 13.9. The van der Waals surface area contributed by atoms with Gasteiger partial charge in [-0.15, -0.1) is 10.2 Å². The van der Waals surface area contributed by atoms with E-state index in [1.54, 1.807) is 60.7 Å². The molecule has 10 nitrogen and oxygen atoms in total. The van der Waals surface area contributed by atoms with Crippen molar-refractivity contribution in [2.45, 2.75) is 36.4 Å². The number of rotatable bonds is 13. The maximum Gasteiger partial charge on any atom is 0.296 e. The third kappa shape index (κ3) is 6.28. The van der Waals surface area contributed by atoms with E-state index >= 15 is 0 Å². The third-order valence-electron chi connectivity index (χ3n) is 7.36. The molecule has 3 aromatic carbocycles. The molecule has 0 spiro atoms. The van der Waals surface area contributed by atoms with Crippen molar-refractivity contribution in [2.24, 2.45) is 0 Å². The van der Waals surface area contributed by atoms with Crippen LogP contribution in [0, 0.1) is 5.82 Å². The van der Waals surface area contributed by atoms with Crippen molar-refractivity contribution in [1.29, 1.82) is 0 Å². The van der Waals surface area contributed by atoms with Gasteiger partial charge in [0.2, 0.25) is 10.9 Å². The molecule has 0 fully saturated rings. The summed E-state index contributed by atoms with van der Waals surface area (Å²) < 4.78 is 37.8. The summed E-state index contributed by atoms with van der Waals surface area (Å²) in [6, 6.07) is 17.2. The van der Waals surface area contributed by atoms with Crippen LogP contribution in [0.1, 0.15) is 48.0 Å². The Labute approximate surface area is 277 Å². The number of para-hydroxylation sites is 1.